The third-order valence-corrected chi connectivity index (χ3v) is 4.95. The second kappa shape index (κ2) is 6.18. The molecule has 0 saturated heterocycles. The average Bonchev–Trinajstić information content (AvgIpc) is 3.31. The zero-order chi connectivity index (χ0) is 17.4. The number of hydrogen-bond acceptors (Lipinski definition) is 6. The van der Waals surface area contributed by atoms with Crippen LogP contribution in [0.15, 0.2) is 24.8 Å². The van der Waals surface area contributed by atoms with E-state index >= 15 is 0 Å². The summed E-state index contributed by atoms with van der Waals surface area (Å²) in [6.07, 6.45) is 7.51. The number of nitriles is 1. The number of aromatic hydroxyl groups is 1. The highest BCUT2D eigenvalue weighted by atomic mass is 16.3. The van der Waals surface area contributed by atoms with Crippen LogP contribution in [0.25, 0.3) is 22.3 Å². The normalized spacial score (nSPS) is 21.4. The Bertz CT molecular complexity index is 940. The van der Waals surface area contributed by atoms with Crippen molar-refractivity contribution < 1.29 is 10.2 Å². The summed E-state index contributed by atoms with van der Waals surface area (Å²) in [6.45, 7) is 0. The van der Waals surface area contributed by atoms with Gasteiger partial charge in [0.1, 0.15) is 12.0 Å². The quantitative estimate of drug-likeness (QED) is 0.669. The van der Waals surface area contributed by atoms with Gasteiger partial charge in [-0.2, -0.15) is 10.4 Å². The molecule has 0 spiro atoms. The first-order valence-electron chi connectivity index (χ1n) is 8.29. The lowest BCUT2D eigenvalue weighted by Crippen LogP contribution is -2.26. The first-order chi connectivity index (χ1) is 12.2. The van der Waals surface area contributed by atoms with Crippen molar-refractivity contribution in [2.24, 2.45) is 5.92 Å². The Morgan fingerprint density at radius 1 is 1.40 bits per heavy atom. The number of rotatable bonds is 4. The van der Waals surface area contributed by atoms with Gasteiger partial charge in [0.25, 0.3) is 0 Å². The Morgan fingerprint density at radius 2 is 2.28 bits per heavy atom. The summed E-state index contributed by atoms with van der Waals surface area (Å²) < 4.78 is 1.76. The fourth-order valence-electron chi connectivity index (χ4n) is 3.75. The van der Waals surface area contributed by atoms with Gasteiger partial charge >= 0.3 is 0 Å². The van der Waals surface area contributed by atoms with Crippen molar-refractivity contribution in [2.75, 3.05) is 0 Å². The summed E-state index contributed by atoms with van der Waals surface area (Å²) in [5.41, 5.74) is 1.99. The Balaban J connectivity index is 1.72. The highest BCUT2D eigenvalue weighted by molar-refractivity contribution is 5.91. The number of fused-ring (bicyclic) bond motifs is 1. The summed E-state index contributed by atoms with van der Waals surface area (Å²) in [4.78, 5) is 11.2. The highest BCUT2D eigenvalue weighted by Crippen LogP contribution is 2.37. The second-order valence-electron chi connectivity index (χ2n) is 6.44. The summed E-state index contributed by atoms with van der Waals surface area (Å²) in [5.74, 6) is 0.0645. The van der Waals surface area contributed by atoms with Gasteiger partial charge in [0.15, 0.2) is 5.88 Å². The van der Waals surface area contributed by atoms with E-state index in [1.807, 2.05) is 6.20 Å². The van der Waals surface area contributed by atoms with Gasteiger partial charge in [-0.3, -0.25) is 4.68 Å². The van der Waals surface area contributed by atoms with Crippen LogP contribution < -0.4 is 0 Å². The molecule has 1 aliphatic carbocycles. The number of aliphatic hydroxyl groups excluding tert-OH is 1. The maximum absolute atomic E-state index is 10.2. The molecule has 1 fully saturated rings. The number of aliphatic hydroxyl groups is 1. The third-order valence-electron chi connectivity index (χ3n) is 4.95. The number of aromatic amines is 1. The molecule has 0 amide bonds. The van der Waals surface area contributed by atoms with Crippen molar-refractivity contribution in [2.45, 2.75) is 37.8 Å². The predicted octanol–water partition coefficient (Wildman–Crippen LogP) is 2.14. The first kappa shape index (κ1) is 15.6. The highest BCUT2D eigenvalue weighted by Gasteiger charge is 2.34. The van der Waals surface area contributed by atoms with E-state index in [4.69, 9.17) is 0 Å². The van der Waals surface area contributed by atoms with E-state index in [9.17, 15) is 15.5 Å². The molecule has 25 heavy (non-hydrogen) atoms. The van der Waals surface area contributed by atoms with Gasteiger partial charge in [0.05, 0.1) is 36.5 Å². The van der Waals surface area contributed by atoms with Crippen molar-refractivity contribution in [1.82, 2.24) is 24.7 Å². The number of aromatic nitrogens is 5. The summed E-state index contributed by atoms with van der Waals surface area (Å²) >= 11 is 0. The van der Waals surface area contributed by atoms with Crippen LogP contribution in [0.5, 0.6) is 5.88 Å². The predicted molar refractivity (Wildman–Crippen MR) is 89.4 cm³/mol. The molecule has 128 valence electrons. The van der Waals surface area contributed by atoms with Crippen LogP contribution in [0.3, 0.4) is 0 Å². The van der Waals surface area contributed by atoms with Gasteiger partial charge in [-0.25, -0.2) is 9.97 Å². The molecule has 3 atom stereocenters. The molecule has 3 N–H and O–H groups in total. The van der Waals surface area contributed by atoms with E-state index in [0.717, 1.165) is 24.8 Å². The van der Waals surface area contributed by atoms with Crippen LogP contribution in [0.1, 0.15) is 31.7 Å². The molecule has 3 heterocycles. The van der Waals surface area contributed by atoms with Gasteiger partial charge < -0.3 is 15.2 Å². The minimum absolute atomic E-state index is 0.0283. The molecule has 0 aromatic carbocycles. The summed E-state index contributed by atoms with van der Waals surface area (Å²) in [7, 11) is 0. The fourth-order valence-corrected chi connectivity index (χ4v) is 3.75. The largest absolute Gasteiger partial charge is 0.495 e. The van der Waals surface area contributed by atoms with E-state index in [1.165, 1.54) is 6.33 Å². The lowest BCUT2D eigenvalue weighted by atomic mass is 9.94. The third kappa shape index (κ3) is 2.72. The topological polar surface area (TPSA) is 124 Å². The molecule has 0 bridgehead atoms. The lowest BCUT2D eigenvalue weighted by Gasteiger charge is -2.24. The minimum Gasteiger partial charge on any atom is -0.495 e. The maximum atomic E-state index is 10.2. The fraction of sp³-hybridized carbons (Fsp3) is 0.412. The van der Waals surface area contributed by atoms with Crippen LogP contribution in [0, 0.1) is 17.2 Å². The van der Waals surface area contributed by atoms with Gasteiger partial charge in [-0.05, 0) is 12.8 Å². The molecule has 3 aromatic heterocycles. The van der Waals surface area contributed by atoms with Crippen molar-refractivity contribution >= 4 is 11.0 Å². The van der Waals surface area contributed by atoms with Gasteiger partial charge in [-0.1, -0.05) is 6.42 Å². The van der Waals surface area contributed by atoms with Crippen LogP contribution >= 0.6 is 0 Å². The monoisotopic (exact) mass is 338 g/mol. The molecule has 3 unspecified atom stereocenters. The maximum Gasteiger partial charge on any atom is 0.190 e. The smallest absolute Gasteiger partial charge is 0.190 e. The average molecular weight is 338 g/mol. The molecular weight excluding hydrogens is 320 g/mol. The zero-order valence-corrected chi connectivity index (χ0v) is 13.5. The van der Waals surface area contributed by atoms with Gasteiger partial charge in [0.2, 0.25) is 0 Å². The van der Waals surface area contributed by atoms with Crippen molar-refractivity contribution in [3.8, 4) is 23.2 Å². The molecule has 3 aromatic rings. The summed E-state index contributed by atoms with van der Waals surface area (Å²) in [6, 6.07) is 3.63. The number of H-pyrrole nitrogens is 1. The number of nitrogens with zero attached hydrogens (tertiary/aromatic N) is 5. The van der Waals surface area contributed by atoms with E-state index in [0.29, 0.717) is 23.1 Å². The van der Waals surface area contributed by atoms with E-state index in [2.05, 4.69) is 26.1 Å². The van der Waals surface area contributed by atoms with Crippen molar-refractivity contribution in [3.63, 3.8) is 0 Å². The number of nitrogens with one attached hydrogen (secondary N) is 1. The van der Waals surface area contributed by atoms with Crippen LogP contribution in [-0.4, -0.2) is 41.0 Å². The Morgan fingerprint density at radius 3 is 3.04 bits per heavy atom. The zero-order valence-electron chi connectivity index (χ0n) is 13.5. The minimum atomic E-state index is -0.390. The Hall–Kier alpha value is -2.92. The van der Waals surface area contributed by atoms with Gasteiger partial charge in [0, 0.05) is 29.1 Å². The van der Waals surface area contributed by atoms with Gasteiger partial charge in [-0.15, -0.1) is 0 Å². The molecule has 4 rings (SSSR count). The standard InChI is InChI=1S/C17H18N6O2/c18-5-4-13(11-2-1-3-14(11)24)23-8-10(7-21-23)16-12-6-15(25)22-17(12)20-9-19-16/h6-9,11,13-14,24-25H,1-4H2,(H,19,20,22). The number of hydrogen-bond donors (Lipinski definition) is 3. The molecule has 8 nitrogen and oxygen atoms in total. The van der Waals surface area contributed by atoms with Crippen molar-refractivity contribution in [3.05, 3.63) is 24.8 Å². The molecule has 1 aliphatic rings. The van der Waals surface area contributed by atoms with E-state index in [1.54, 1.807) is 16.9 Å². The Labute approximate surface area is 143 Å². The molecule has 0 radical (unpaired) electrons. The Kier molecular flexibility index (Phi) is 3.86. The van der Waals surface area contributed by atoms with Crippen LogP contribution in [0.2, 0.25) is 0 Å². The van der Waals surface area contributed by atoms with E-state index < -0.39 is 6.10 Å². The van der Waals surface area contributed by atoms with Crippen LogP contribution in [0.4, 0.5) is 0 Å². The molecule has 8 heteroatoms. The van der Waals surface area contributed by atoms with Crippen LogP contribution in [-0.2, 0) is 0 Å². The summed E-state index contributed by atoms with van der Waals surface area (Å²) in [5, 5.41) is 34.2. The van der Waals surface area contributed by atoms with Crippen molar-refractivity contribution in [1.29, 1.82) is 5.26 Å². The molecule has 0 aliphatic heterocycles. The molecule has 1 saturated carbocycles. The van der Waals surface area contributed by atoms with E-state index in [-0.39, 0.29) is 17.8 Å². The molecular formula is C17H18N6O2. The second-order valence-corrected chi connectivity index (χ2v) is 6.44. The first-order valence-corrected chi connectivity index (χ1v) is 8.29. The SMILES string of the molecule is N#CCC(C1CCCC1O)n1cc(-c2ncnc3[nH]c(O)cc23)cn1. The lowest BCUT2D eigenvalue weighted by molar-refractivity contribution is 0.0977.